The van der Waals surface area contributed by atoms with Crippen LogP contribution >= 0.6 is 11.6 Å². The number of rotatable bonds is 3. The van der Waals surface area contributed by atoms with E-state index < -0.39 is 17.3 Å². The summed E-state index contributed by atoms with van der Waals surface area (Å²) < 4.78 is 17.9. The average molecular weight is 359 g/mol. The van der Waals surface area contributed by atoms with Gasteiger partial charge in [-0.2, -0.15) is 0 Å². The van der Waals surface area contributed by atoms with Gasteiger partial charge in [0.2, 0.25) is 0 Å². The third-order valence-corrected chi connectivity index (χ3v) is 3.78. The van der Waals surface area contributed by atoms with E-state index in [1.165, 1.54) is 43.5 Å². The number of hydrogen-bond donors (Lipinski definition) is 1. The maximum absolute atomic E-state index is 13.3. The highest BCUT2D eigenvalue weighted by molar-refractivity contribution is 6.50. The van der Waals surface area contributed by atoms with Crippen LogP contribution in [0.3, 0.4) is 0 Å². The number of halogens is 2. The first-order chi connectivity index (χ1) is 12.0. The predicted octanol–water partition coefficient (Wildman–Crippen LogP) is 3.59. The minimum Gasteiger partial charge on any atom is -0.465 e. The number of benzene rings is 2. The normalized spacial score (nSPS) is 11.6. The SMILES string of the molecule is COC(=O)c1ccc2c(=O)[nH]c(/C(Cl)=C/c3cccc(F)c3)nc2c1. The Hall–Kier alpha value is -2.99. The second kappa shape index (κ2) is 6.86. The summed E-state index contributed by atoms with van der Waals surface area (Å²) >= 11 is 6.21. The molecule has 0 radical (unpaired) electrons. The number of carbonyl (C=O) groups is 1. The molecule has 126 valence electrons. The topological polar surface area (TPSA) is 72.1 Å². The molecule has 0 aliphatic heterocycles. The van der Waals surface area contributed by atoms with E-state index in [2.05, 4.69) is 14.7 Å². The number of aromatic nitrogens is 2. The van der Waals surface area contributed by atoms with Crippen LogP contribution in [0.25, 0.3) is 22.0 Å². The van der Waals surface area contributed by atoms with Gasteiger partial charge in [-0.15, -0.1) is 0 Å². The van der Waals surface area contributed by atoms with Gasteiger partial charge < -0.3 is 9.72 Å². The van der Waals surface area contributed by atoms with E-state index in [4.69, 9.17) is 11.6 Å². The van der Waals surface area contributed by atoms with Gasteiger partial charge in [0, 0.05) is 0 Å². The summed E-state index contributed by atoms with van der Waals surface area (Å²) in [6.07, 6.45) is 1.49. The predicted molar refractivity (Wildman–Crippen MR) is 93.8 cm³/mol. The molecule has 3 rings (SSSR count). The molecule has 0 bridgehead atoms. The minimum absolute atomic E-state index is 0.116. The van der Waals surface area contributed by atoms with Crippen LogP contribution in [0, 0.1) is 5.82 Å². The van der Waals surface area contributed by atoms with Crippen molar-refractivity contribution in [3.8, 4) is 0 Å². The number of esters is 1. The summed E-state index contributed by atoms with van der Waals surface area (Å²) in [6, 6.07) is 10.2. The Bertz CT molecular complexity index is 1060. The lowest BCUT2D eigenvalue weighted by atomic mass is 10.1. The molecule has 1 N–H and O–H groups in total. The van der Waals surface area contributed by atoms with Gasteiger partial charge in [0.15, 0.2) is 5.82 Å². The van der Waals surface area contributed by atoms with Gasteiger partial charge >= 0.3 is 5.97 Å². The van der Waals surface area contributed by atoms with E-state index in [-0.39, 0.29) is 16.4 Å². The van der Waals surface area contributed by atoms with Gasteiger partial charge in [0.25, 0.3) is 5.56 Å². The number of methoxy groups -OCH3 is 1. The Morgan fingerprint density at radius 2 is 2.08 bits per heavy atom. The quantitative estimate of drug-likeness (QED) is 0.726. The average Bonchev–Trinajstić information content (AvgIpc) is 2.60. The molecule has 0 amide bonds. The van der Waals surface area contributed by atoms with Crippen molar-refractivity contribution in [2.24, 2.45) is 0 Å². The third kappa shape index (κ3) is 3.59. The number of hydrogen-bond acceptors (Lipinski definition) is 4. The van der Waals surface area contributed by atoms with Gasteiger partial charge in [0.05, 0.1) is 28.6 Å². The van der Waals surface area contributed by atoms with Crippen molar-refractivity contribution in [3.05, 3.63) is 75.6 Å². The minimum atomic E-state index is -0.535. The van der Waals surface area contributed by atoms with Crippen LogP contribution in [0.5, 0.6) is 0 Å². The van der Waals surface area contributed by atoms with Crippen LogP contribution in [0.15, 0.2) is 47.3 Å². The smallest absolute Gasteiger partial charge is 0.337 e. The lowest BCUT2D eigenvalue weighted by molar-refractivity contribution is 0.0601. The molecule has 1 aromatic heterocycles. The fourth-order valence-corrected chi connectivity index (χ4v) is 2.52. The number of fused-ring (bicyclic) bond motifs is 1. The summed E-state index contributed by atoms with van der Waals surface area (Å²) in [4.78, 5) is 30.7. The highest BCUT2D eigenvalue weighted by atomic mass is 35.5. The summed E-state index contributed by atoms with van der Waals surface area (Å²) in [5.41, 5.74) is 0.690. The number of aromatic amines is 1. The van der Waals surface area contributed by atoms with Crippen molar-refractivity contribution in [2.45, 2.75) is 0 Å². The number of ether oxygens (including phenoxy) is 1. The van der Waals surface area contributed by atoms with Gasteiger partial charge in [-0.05, 0) is 42.0 Å². The second-order valence-corrected chi connectivity index (χ2v) is 5.59. The van der Waals surface area contributed by atoms with Crippen LogP contribution in [0.2, 0.25) is 0 Å². The summed E-state index contributed by atoms with van der Waals surface area (Å²) in [7, 11) is 1.27. The largest absolute Gasteiger partial charge is 0.465 e. The molecule has 0 saturated carbocycles. The van der Waals surface area contributed by atoms with Crippen molar-refractivity contribution in [2.75, 3.05) is 7.11 Å². The van der Waals surface area contributed by atoms with E-state index in [0.29, 0.717) is 16.5 Å². The summed E-state index contributed by atoms with van der Waals surface area (Å²) in [5, 5.41) is 0.444. The van der Waals surface area contributed by atoms with Crippen LogP contribution in [0.1, 0.15) is 21.7 Å². The molecular weight excluding hydrogens is 347 g/mol. The molecule has 2 aromatic carbocycles. The van der Waals surface area contributed by atoms with E-state index in [9.17, 15) is 14.0 Å². The van der Waals surface area contributed by atoms with Crippen molar-refractivity contribution < 1.29 is 13.9 Å². The molecule has 7 heteroatoms. The van der Waals surface area contributed by atoms with Crippen LogP contribution in [-0.2, 0) is 4.74 Å². The zero-order valence-corrected chi connectivity index (χ0v) is 13.8. The molecule has 0 aliphatic rings. The van der Waals surface area contributed by atoms with Crippen LogP contribution in [-0.4, -0.2) is 23.0 Å². The highest BCUT2D eigenvalue weighted by Gasteiger charge is 2.11. The van der Waals surface area contributed by atoms with Crippen molar-refractivity contribution >= 4 is 39.6 Å². The molecule has 5 nitrogen and oxygen atoms in total. The van der Waals surface area contributed by atoms with Gasteiger partial charge in [-0.3, -0.25) is 4.79 Å². The summed E-state index contributed by atoms with van der Waals surface area (Å²) in [6.45, 7) is 0. The first kappa shape index (κ1) is 16.9. The molecule has 0 unspecified atom stereocenters. The molecule has 25 heavy (non-hydrogen) atoms. The first-order valence-corrected chi connectivity index (χ1v) is 7.61. The van der Waals surface area contributed by atoms with Crippen LogP contribution in [0.4, 0.5) is 4.39 Å². The van der Waals surface area contributed by atoms with Crippen LogP contribution < -0.4 is 5.56 Å². The van der Waals surface area contributed by atoms with Crippen molar-refractivity contribution in [3.63, 3.8) is 0 Å². The van der Waals surface area contributed by atoms with Gasteiger partial charge in [0.1, 0.15) is 5.82 Å². The molecule has 1 heterocycles. The fourth-order valence-electron chi connectivity index (χ4n) is 2.31. The Labute approximate surface area is 146 Å². The maximum Gasteiger partial charge on any atom is 0.337 e. The zero-order chi connectivity index (χ0) is 18.0. The Balaban J connectivity index is 2.10. The van der Waals surface area contributed by atoms with Crippen molar-refractivity contribution in [1.29, 1.82) is 0 Å². The number of H-pyrrole nitrogens is 1. The van der Waals surface area contributed by atoms with Crippen molar-refractivity contribution in [1.82, 2.24) is 9.97 Å². The molecule has 3 aromatic rings. The first-order valence-electron chi connectivity index (χ1n) is 7.23. The highest BCUT2D eigenvalue weighted by Crippen LogP contribution is 2.21. The molecule has 0 saturated heterocycles. The Morgan fingerprint density at radius 3 is 2.80 bits per heavy atom. The zero-order valence-electron chi connectivity index (χ0n) is 13.0. The third-order valence-electron chi connectivity index (χ3n) is 3.50. The molecule has 0 fully saturated rings. The van der Waals surface area contributed by atoms with E-state index in [1.54, 1.807) is 12.1 Å². The number of nitrogens with zero attached hydrogens (tertiary/aromatic N) is 1. The molecule has 0 aliphatic carbocycles. The molecule has 0 spiro atoms. The lowest BCUT2D eigenvalue weighted by Gasteiger charge is -2.04. The Kier molecular flexibility index (Phi) is 4.63. The maximum atomic E-state index is 13.3. The fraction of sp³-hybridized carbons (Fsp3) is 0.0556. The molecular formula is C18H12ClFN2O3. The van der Waals surface area contributed by atoms with E-state index in [1.807, 2.05) is 0 Å². The van der Waals surface area contributed by atoms with Gasteiger partial charge in [-0.25, -0.2) is 14.2 Å². The van der Waals surface area contributed by atoms with E-state index in [0.717, 1.165) is 0 Å². The van der Waals surface area contributed by atoms with Gasteiger partial charge in [-0.1, -0.05) is 23.7 Å². The standard InChI is InChI=1S/C18H12ClFN2O3/c1-25-18(24)11-5-6-13-15(9-11)21-16(22-17(13)23)14(19)8-10-3-2-4-12(20)7-10/h2-9H,1H3,(H,21,22,23)/b14-8-. The molecule has 0 atom stereocenters. The summed E-state index contributed by atoms with van der Waals surface area (Å²) in [5.74, 6) is -0.821. The second-order valence-electron chi connectivity index (χ2n) is 5.19. The number of carbonyl (C=O) groups excluding carboxylic acids is 1. The lowest BCUT2D eigenvalue weighted by Crippen LogP contribution is -2.11. The van der Waals surface area contributed by atoms with E-state index >= 15 is 0 Å². The monoisotopic (exact) mass is 358 g/mol. The number of nitrogens with one attached hydrogen (secondary N) is 1. The Morgan fingerprint density at radius 1 is 1.28 bits per heavy atom.